The molecule has 0 aliphatic heterocycles. The molecule has 6 nitrogen and oxygen atoms in total. The van der Waals surface area contributed by atoms with Gasteiger partial charge in [-0.1, -0.05) is 12.1 Å². The maximum atomic E-state index is 11.7. The molecule has 0 heterocycles. The number of nitrogens with zero attached hydrogens (tertiary/aromatic N) is 2. The number of hydrogen-bond acceptors (Lipinski definition) is 4. The van der Waals surface area contributed by atoms with E-state index >= 15 is 0 Å². The summed E-state index contributed by atoms with van der Waals surface area (Å²) in [6.45, 7) is 0. The van der Waals surface area contributed by atoms with Crippen molar-refractivity contribution in [3.8, 4) is 5.75 Å². The first kappa shape index (κ1) is 13.4. The van der Waals surface area contributed by atoms with Crippen LogP contribution < -0.4 is 0 Å². The van der Waals surface area contributed by atoms with Gasteiger partial charge in [0.15, 0.2) is 0 Å². The van der Waals surface area contributed by atoms with E-state index in [2.05, 4.69) is 10.2 Å². The third-order valence-electron chi connectivity index (χ3n) is 2.50. The van der Waals surface area contributed by atoms with E-state index in [4.69, 9.17) is 10.2 Å². The highest BCUT2D eigenvalue weighted by atomic mass is 16.4. The molecule has 0 atom stereocenters. The van der Waals surface area contributed by atoms with Crippen LogP contribution in [0.1, 0.15) is 20.7 Å². The zero-order valence-corrected chi connectivity index (χ0v) is 10.2. The lowest BCUT2D eigenvalue weighted by molar-refractivity contribution is 0.0697. The molecular formula is C14H10N2O4. The Labute approximate surface area is 114 Å². The van der Waals surface area contributed by atoms with E-state index in [0.717, 1.165) is 0 Å². The molecule has 0 saturated heterocycles. The van der Waals surface area contributed by atoms with Crippen molar-refractivity contribution >= 4 is 17.6 Å². The number of benzene rings is 2. The summed E-state index contributed by atoms with van der Waals surface area (Å²) in [7, 11) is 0. The van der Waals surface area contributed by atoms with Gasteiger partial charge >= 0.3 is 5.97 Å². The van der Waals surface area contributed by atoms with Crippen molar-refractivity contribution in [2.45, 2.75) is 0 Å². The number of aromatic hydroxyl groups is 1. The molecule has 0 aromatic heterocycles. The topological polar surface area (TPSA) is 99.3 Å². The first-order chi connectivity index (χ1) is 9.58. The molecule has 0 spiro atoms. The molecule has 0 fully saturated rings. The Morgan fingerprint density at radius 2 is 1.60 bits per heavy atom. The van der Waals surface area contributed by atoms with Gasteiger partial charge in [0.2, 0.25) is 0 Å². The van der Waals surface area contributed by atoms with Crippen LogP contribution in [0.5, 0.6) is 5.75 Å². The van der Waals surface area contributed by atoms with Gasteiger partial charge in [-0.3, -0.25) is 4.79 Å². The summed E-state index contributed by atoms with van der Waals surface area (Å²) < 4.78 is 0. The van der Waals surface area contributed by atoms with Crippen molar-refractivity contribution in [2.75, 3.05) is 0 Å². The summed E-state index contributed by atoms with van der Waals surface area (Å²) in [4.78, 5) is 22.7. The fourth-order valence-electron chi connectivity index (χ4n) is 1.50. The van der Waals surface area contributed by atoms with E-state index < -0.39 is 11.9 Å². The van der Waals surface area contributed by atoms with Gasteiger partial charge < -0.3 is 10.2 Å². The number of rotatable bonds is 3. The largest absolute Gasteiger partial charge is 0.508 e. The third kappa shape index (κ3) is 3.05. The Balaban J connectivity index is 2.23. The number of phenolic OH excluding ortho intramolecular Hbond substituents is 1. The smallest absolute Gasteiger partial charge is 0.337 e. The number of amides is 1. The van der Waals surface area contributed by atoms with Crippen LogP contribution in [0, 0.1) is 0 Å². The molecule has 0 aliphatic carbocycles. The van der Waals surface area contributed by atoms with Crippen LogP contribution in [0.25, 0.3) is 0 Å². The Hall–Kier alpha value is -3.02. The number of carboxylic acid groups (broad SMARTS) is 1. The molecule has 0 aliphatic rings. The van der Waals surface area contributed by atoms with Crippen molar-refractivity contribution < 1.29 is 19.8 Å². The standard InChI is InChI=1S/C14H10N2O4/c17-10-7-5-9(6-8-10)13(18)16-15-12-4-2-1-3-11(12)14(19)20/h1-8,17H,(H,19,20). The second-order valence-corrected chi connectivity index (χ2v) is 3.87. The number of carbonyl (C=O) groups is 2. The van der Waals surface area contributed by atoms with Gasteiger partial charge in [-0.15, -0.1) is 10.2 Å². The Morgan fingerprint density at radius 3 is 2.25 bits per heavy atom. The first-order valence-corrected chi connectivity index (χ1v) is 5.65. The van der Waals surface area contributed by atoms with Crippen LogP contribution in [-0.2, 0) is 0 Å². The van der Waals surface area contributed by atoms with E-state index in [1.165, 1.54) is 36.4 Å². The quantitative estimate of drug-likeness (QED) is 0.837. The van der Waals surface area contributed by atoms with Crippen LogP contribution >= 0.6 is 0 Å². The predicted octanol–water partition coefficient (Wildman–Crippen LogP) is 3.01. The fraction of sp³-hybridized carbons (Fsp3) is 0. The molecule has 2 aromatic carbocycles. The number of carboxylic acids is 1. The maximum absolute atomic E-state index is 11.7. The molecule has 100 valence electrons. The molecule has 2 N–H and O–H groups in total. The minimum absolute atomic E-state index is 0.0326. The van der Waals surface area contributed by atoms with E-state index in [-0.39, 0.29) is 22.6 Å². The lowest BCUT2D eigenvalue weighted by atomic mass is 10.2. The molecule has 1 amide bonds. The second kappa shape index (κ2) is 5.75. The lowest BCUT2D eigenvalue weighted by Crippen LogP contribution is -1.96. The summed E-state index contributed by atoms with van der Waals surface area (Å²) in [6.07, 6.45) is 0. The van der Waals surface area contributed by atoms with Crippen molar-refractivity contribution in [1.29, 1.82) is 0 Å². The van der Waals surface area contributed by atoms with Gasteiger partial charge in [0, 0.05) is 5.56 Å². The molecule has 0 saturated carbocycles. The molecule has 2 aromatic rings. The van der Waals surface area contributed by atoms with E-state index in [1.807, 2.05) is 0 Å². The van der Waals surface area contributed by atoms with Crippen molar-refractivity contribution in [1.82, 2.24) is 0 Å². The second-order valence-electron chi connectivity index (χ2n) is 3.87. The Bertz CT molecular complexity index is 678. The molecule has 0 unspecified atom stereocenters. The van der Waals surface area contributed by atoms with Gasteiger partial charge in [0.25, 0.3) is 5.91 Å². The highest BCUT2D eigenvalue weighted by molar-refractivity contribution is 5.96. The summed E-state index contributed by atoms with van der Waals surface area (Å²) >= 11 is 0. The van der Waals surface area contributed by atoms with Gasteiger partial charge in [0.05, 0.1) is 5.56 Å². The molecule has 6 heteroatoms. The highest BCUT2D eigenvalue weighted by Crippen LogP contribution is 2.19. The number of azo groups is 1. The normalized spacial score (nSPS) is 10.6. The zero-order valence-electron chi connectivity index (χ0n) is 10.2. The van der Waals surface area contributed by atoms with E-state index in [0.29, 0.717) is 0 Å². The zero-order chi connectivity index (χ0) is 14.5. The number of carbonyl (C=O) groups excluding carboxylic acids is 1. The van der Waals surface area contributed by atoms with Crippen LogP contribution in [0.2, 0.25) is 0 Å². The minimum Gasteiger partial charge on any atom is -0.508 e. The average Bonchev–Trinajstić information content (AvgIpc) is 2.45. The Morgan fingerprint density at radius 1 is 0.950 bits per heavy atom. The summed E-state index contributed by atoms with van der Waals surface area (Å²) in [6, 6.07) is 11.5. The van der Waals surface area contributed by atoms with Crippen molar-refractivity contribution in [2.24, 2.45) is 10.2 Å². The lowest BCUT2D eigenvalue weighted by Gasteiger charge is -1.98. The monoisotopic (exact) mass is 270 g/mol. The van der Waals surface area contributed by atoms with Gasteiger partial charge in [0.1, 0.15) is 11.4 Å². The van der Waals surface area contributed by atoms with Crippen molar-refractivity contribution in [3.05, 3.63) is 59.7 Å². The SMILES string of the molecule is O=C(N=Nc1ccccc1C(=O)O)c1ccc(O)cc1. The van der Waals surface area contributed by atoms with E-state index in [9.17, 15) is 9.59 Å². The minimum atomic E-state index is -1.14. The van der Waals surface area contributed by atoms with E-state index in [1.54, 1.807) is 12.1 Å². The number of aromatic carboxylic acids is 1. The van der Waals surface area contributed by atoms with Crippen molar-refractivity contribution in [3.63, 3.8) is 0 Å². The molecule has 0 radical (unpaired) electrons. The summed E-state index contributed by atoms with van der Waals surface area (Å²) in [5.41, 5.74) is 0.321. The molecule has 20 heavy (non-hydrogen) atoms. The molecule has 2 rings (SSSR count). The van der Waals surface area contributed by atoms with Crippen LogP contribution in [0.15, 0.2) is 58.8 Å². The maximum Gasteiger partial charge on any atom is 0.337 e. The number of hydrogen-bond donors (Lipinski definition) is 2. The van der Waals surface area contributed by atoms with Crippen LogP contribution in [0.3, 0.4) is 0 Å². The summed E-state index contributed by atoms with van der Waals surface area (Å²) in [5, 5.41) is 25.2. The average molecular weight is 270 g/mol. The van der Waals surface area contributed by atoms with Gasteiger partial charge in [-0.25, -0.2) is 4.79 Å². The molecular weight excluding hydrogens is 260 g/mol. The predicted molar refractivity (Wildman–Crippen MR) is 70.4 cm³/mol. The fourth-order valence-corrected chi connectivity index (χ4v) is 1.50. The first-order valence-electron chi connectivity index (χ1n) is 5.65. The molecule has 0 bridgehead atoms. The summed E-state index contributed by atoms with van der Waals surface area (Å²) in [5.74, 6) is -1.73. The van der Waals surface area contributed by atoms with Gasteiger partial charge in [-0.05, 0) is 36.4 Å². The highest BCUT2D eigenvalue weighted by Gasteiger charge is 2.09. The van der Waals surface area contributed by atoms with Crippen LogP contribution in [0.4, 0.5) is 5.69 Å². The third-order valence-corrected chi connectivity index (χ3v) is 2.50. The Kier molecular flexibility index (Phi) is 3.85. The van der Waals surface area contributed by atoms with Gasteiger partial charge in [-0.2, -0.15) is 0 Å². The number of phenols is 1. The van der Waals surface area contributed by atoms with Crippen LogP contribution in [-0.4, -0.2) is 22.1 Å².